The Kier molecular flexibility index (Phi) is 5.69. The first-order valence-corrected chi connectivity index (χ1v) is 6.11. The molecule has 3 heteroatoms. The second-order valence-corrected chi connectivity index (χ2v) is 4.31. The third-order valence-electron chi connectivity index (χ3n) is 3.20. The second-order valence-electron chi connectivity index (χ2n) is 4.31. The van der Waals surface area contributed by atoms with Gasteiger partial charge in [-0.25, -0.2) is 0 Å². The predicted molar refractivity (Wildman–Crippen MR) is 60.7 cm³/mol. The lowest BCUT2D eigenvalue weighted by Crippen LogP contribution is -2.32. The molecule has 1 fully saturated rings. The summed E-state index contributed by atoms with van der Waals surface area (Å²) in [5.74, 6) is 0.130. The SMILES string of the molecule is CCC(COC1CCCCC1)C(=O)NC. The molecule has 1 atom stereocenters. The van der Waals surface area contributed by atoms with E-state index in [4.69, 9.17) is 4.74 Å². The molecule has 1 aliphatic rings. The number of carbonyl (C=O) groups is 1. The first-order chi connectivity index (χ1) is 7.27. The number of rotatable bonds is 5. The molecule has 1 saturated carbocycles. The molecule has 15 heavy (non-hydrogen) atoms. The molecule has 0 heterocycles. The summed E-state index contributed by atoms with van der Waals surface area (Å²) in [4.78, 5) is 11.4. The number of hydrogen-bond donors (Lipinski definition) is 1. The molecule has 0 radical (unpaired) electrons. The lowest BCUT2D eigenvalue weighted by atomic mass is 9.97. The molecule has 0 aromatic carbocycles. The van der Waals surface area contributed by atoms with Gasteiger partial charge in [-0.3, -0.25) is 4.79 Å². The molecule has 1 N–H and O–H groups in total. The monoisotopic (exact) mass is 213 g/mol. The highest BCUT2D eigenvalue weighted by molar-refractivity contribution is 5.78. The average Bonchev–Trinajstić information content (AvgIpc) is 2.31. The third-order valence-corrected chi connectivity index (χ3v) is 3.20. The van der Waals surface area contributed by atoms with Crippen molar-refractivity contribution in [2.75, 3.05) is 13.7 Å². The van der Waals surface area contributed by atoms with Crippen LogP contribution in [0.15, 0.2) is 0 Å². The third kappa shape index (κ3) is 4.20. The Bertz CT molecular complexity index is 188. The normalized spacial score (nSPS) is 19.9. The summed E-state index contributed by atoms with van der Waals surface area (Å²) >= 11 is 0. The van der Waals surface area contributed by atoms with E-state index in [2.05, 4.69) is 5.32 Å². The Hall–Kier alpha value is -0.570. The molecule has 0 spiro atoms. The van der Waals surface area contributed by atoms with Crippen molar-refractivity contribution in [3.05, 3.63) is 0 Å². The minimum atomic E-state index is 0.0249. The maximum atomic E-state index is 11.4. The van der Waals surface area contributed by atoms with Crippen LogP contribution in [0.3, 0.4) is 0 Å². The Labute approximate surface area is 92.6 Å². The van der Waals surface area contributed by atoms with E-state index < -0.39 is 0 Å². The van der Waals surface area contributed by atoms with Crippen LogP contribution in [0, 0.1) is 5.92 Å². The van der Waals surface area contributed by atoms with Crippen molar-refractivity contribution in [2.45, 2.75) is 51.6 Å². The van der Waals surface area contributed by atoms with E-state index in [1.165, 1.54) is 32.1 Å². The van der Waals surface area contributed by atoms with Gasteiger partial charge in [0, 0.05) is 7.05 Å². The van der Waals surface area contributed by atoms with Crippen molar-refractivity contribution in [3.63, 3.8) is 0 Å². The minimum Gasteiger partial charge on any atom is -0.377 e. The molecule has 88 valence electrons. The summed E-state index contributed by atoms with van der Waals surface area (Å²) in [6.45, 7) is 2.62. The molecular weight excluding hydrogens is 190 g/mol. The molecule has 0 aliphatic heterocycles. The van der Waals surface area contributed by atoms with Crippen molar-refractivity contribution < 1.29 is 9.53 Å². The first-order valence-electron chi connectivity index (χ1n) is 6.11. The number of nitrogens with one attached hydrogen (secondary N) is 1. The van der Waals surface area contributed by atoms with Gasteiger partial charge >= 0.3 is 0 Å². The van der Waals surface area contributed by atoms with Crippen molar-refractivity contribution >= 4 is 5.91 Å². The average molecular weight is 213 g/mol. The number of amides is 1. The summed E-state index contributed by atoms with van der Waals surface area (Å²) in [6, 6.07) is 0. The highest BCUT2D eigenvalue weighted by atomic mass is 16.5. The zero-order chi connectivity index (χ0) is 11.1. The Morgan fingerprint density at radius 2 is 2.07 bits per heavy atom. The highest BCUT2D eigenvalue weighted by Crippen LogP contribution is 2.21. The topological polar surface area (TPSA) is 38.3 Å². The van der Waals surface area contributed by atoms with Gasteiger partial charge in [0.05, 0.1) is 18.6 Å². The van der Waals surface area contributed by atoms with Gasteiger partial charge in [-0.2, -0.15) is 0 Å². The van der Waals surface area contributed by atoms with Crippen molar-refractivity contribution in [1.29, 1.82) is 0 Å². The van der Waals surface area contributed by atoms with Crippen LogP contribution in [-0.4, -0.2) is 25.7 Å². The maximum Gasteiger partial charge on any atom is 0.225 e. The molecule has 1 rings (SSSR count). The van der Waals surface area contributed by atoms with Gasteiger partial charge in [-0.15, -0.1) is 0 Å². The smallest absolute Gasteiger partial charge is 0.225 e. The van der Waals surface area contributed by atoms with Gasteiger partial charge in [0.15, 0.2) is 0 Å². The zero-order valence-corrected chi connectivity index (χ0v) is 9.92. The van der Waals surface area contributed by atoms with E-state index >= 15 is 0 Å². The van der Waals surface area contributed by atoms with Crippen molar-refractivity contribution in [1.82, 2.24) is 5.32 Å². The highest BCUT2D eigenvalue weighted by Gasteiger charge is 2.19. The van der Waals surface area contributed by atoms with Gasteiger partial charge in [-0.05, 0) is 19.3 Å². The second kappa shape index (κ2) is 6.83. The van der Waals surface area contributed by atoms with Gasteiger partial charge in [0.1, 0.15) is 0 Å². The van der Waals surface area contributed by atoms with Gasteiger partial charge in [-0.1, -0.05) is 26.2 Å². The zero-order valence-electron chi connectivity index (χ0n) is 9.92. The summed E-state index contributed by atoms with van der Waals surface area (Å²) in [6.07, 6.45) is 7.49. The number of hydrogen-bond acceptors (Lipinski definition) is 2. The van der Waals surface area contributed by atoms with E-state index in [-0.39, 0.29) is 11.8 Å². The molecular formula is C12H23NO2. The van der Waals surface area contributed by atoms with Crippen LogP contribution in [0.25, 0.3) is 0 Å². The fraction of sp³-hybridized carbons (Fsp3) is 0.917. The number of ether oxygens (including phenoxy) is 1. The standard InChI is InChI=1S/C12H23NO2/c1-3-10(12(14)13-2)9-15-11-7-5-4-6-8-11/h10-11H,3-9H2,1-2H3,(H,13,14). The van der Waals surface area contributed by atoms with E-state index in [1.54, 1.807) is 7.05 Å². The molecule has 0 bridgehead atoms. The van der Waals surface area contributed by atoms with Crippen LogP contribution in [0.2, 0.25) is 0 Å². The molecule has 0 aromatic rings. The fourth-order valence-electron chi connectivity index (χ4n) is 2.07. The first kappa shape index (κ1) is 12.5. The van der Waals surface area contributed by atoms with E-state index in [1.807, 2.05) is 6.92 Å². The van der Waals surface area contributed by atoms with E-state index in [0.29, 0.717) is 12.7 Å². The van der Waals surface area contributed by atoms with Crippen LogP contribution in [0.5, 0.6) is 0 Å². The molecule has 1 amide bonds. The Morgan fingerprint density at radius 1 is 1.40 bits per heavy atom. The summed E-state index contributed by atoms with van der Waals surface area (Å²) in [5.41, 5.74) is 0. The molecule has 0 saturated heterocycles. The molecule has 3 nitrogen and oxygen atoms in total. The quantitative estimate of drug-likeness (QED) is 0.759. The lowest BCUT2D eigenvalue weighted by molar-refractivity contribution is -0.127. The lowest BCUT2D eigenvalue weighted by Gasteiger charge is -2.24. The van der Waals surface area contributed by atoms with Gasteiger partial charge in [0.2, 0.25) is 5.91 Å². The Balaban J connectivity index is 2.23. The van der Waals surface area contributed by atoms with Crippen LogP contribution >= 0.6 is 0 Å². The van der Waals surface area contributed by atoms with Crippen molar-refractivity contribution in [2.24, 2.45) is 5.92 Å². The predicted octanol–water partition coefficient (Wildman–Crippen LogP) is 2.11. The largest absolute Gasteiger partial charge is 0.377 e. The van der Waals surface area contributed by atoms with Crippen LogP contribution < -0.4 is 5.32 Å². The van der Waals surface area contributed by atoms with Crippen LogP contribution in [0.1, 0.15) is 45.4 Å². The van der Waals surface area contributed by atoms with E-state index in [9.17, 15) is 4.79 Å². The summed E-state index contributed by atoms with van der Waals surface area (Å²) in [7, 11) is 1.69. The Morgan fingerprint density at radius 3 is 2.60 bits per heavy atom. The van der Waals surface area contributed by atoms with Gasteiger partial charge < -0.3 is 10.1 Å². The van der Waals surface area contributed by atoms with Crippen LogP contribution in [-0.2, 0) is 9.53 Å². The van der Waals surface area contributed by atoms with Crippen LogP contribution in [0.4, 0.5) is 0 Å². The minimum absolute atomic E-state index is 0.0249. The number of carbonyl (C=O) groups excluding carboxylic acids is 1. The molecule has 0 aromatic heterocycles. The molecule has 1 aliphatic carbocycles. The summed E-state index contributed by atoms with van der Waals surface area (Å²) in [5, 5.41) is 2.68. The maximum absolute atomic E-state index is 11.4. The molecule has 1 unspecified atom stereocenters. The fourth-order valence-corrected chi connectivity index (χ4v) is 2.07. The summed E-state index contributed by atoms with van der Waals surface area (Å²) < 4.78 is 5.80. The van der Waals surface area contributed by atoms with Crippen molar-refractivity contribution in [3.8, 4) is 0 Å². The van der Waals surface area contributed by atoms with Gasteiger partial charge in [0.25, 0.3) is 0 Å². The van der Waals surface area contributed by atoms with E-state index in [0.717, 1.165) is 6.42 Å².